The Kier molecular flexibility index (Phi) is 5.12. The van der Waals surface area contributed by atoms with Gasteiger partial charge in [0.25, 0.3) is 0 Å². The number of hydrogen-bond donors (Lipinski definition) is 1. The molecule has 1 atom stereocenters. The predicted octanol–water partition coefficient (Wildman–Crippen LogP) is 3.31. The Morgan fingerprint density at radius 2 is 2.20 bits per heavy atom. The molecule has 0 aromatic heterocycles. The molecule has 1 aromatic carbocycles. The summed E-state index contributed by atoms with van der Waals surface area (Å²) >= 11 is 1.72. The SMILES string of the molecule is CCCSCC(O)c1ccc(F)c(C)c1. The highest BCUT2D eigenvalue weighted by Gasteiger charge is 2.08. The first-order valence-electron chi connectivity index (χ1n) is 5.17. The first kappa shape index (κ1) is 12.5. The maximum Gasteiger partial charge on any atom is 0.126 e. The van der Waals surface area contributed by atoms with Gasteiger partial charge < -0.3 is 5.11 Å². The van der Waals surface area contributed by atoms with Crippen LogP contribution in [0.5, 0.6) is 0 Å². The summed E-state index contributed by atoms with van der Waals surface area (Å²) in [6.07, 6.45) is 0.626. The summed E-state index contributed by atoms with van der Waals surface area (Å²) in [5.41, 5.74) is 1.39. The van der Waals surface area contributed by atoms with Gasteiger partial charge in [-0.1, -0.05) is 19.1 Å². The van der Waals surface area contributed by atoms with E-state index in [2.05, 4.69) is 6.92 Å². The monoisotopic (exact) mass is 228 g/mol. The smallest absolute Gasteiger partial charge is 0.126 e. The molecule has 0 saturated carbocycles. The van der Waals surface area contributed by atoms with Crippen molar-refractivity contribution in [1.82, 2.24) is 0 Å². The van der Waals surface area contributed by atoms with Crippen LogP contribution in [0.4, 0.5) is 4.39 Å². The summed E-state index contributed by atoms with van der Waals surface area (Å²) in [6.45, 7) is 3.83. The molecule has 0 amide bonds. The number of thioether (sulfide) groups is 1. The maximum absolute atomic E-state index is 13.0. The van der Waals surface area contributed by atoms with Gasteiger partial charge in [0.1, 0.15) is 5.82 Å². The maximum atomic E-state index is 13.0. The number of benzene rings is 1. The minimum atomic E-state index is -0.485. The van der Waals surface area contributed by atoms with Gasteiger partial charge in [-0.3, -0.25) is 0 Å². The largest absolute Gasteiger partial charge is 0.388 e. The highest BCUT2D eigenvalue weighted by molar-refractivity contribution is 7.99. The van der Waals surface area contributed by atoms with Crippen molar-refractivity contribution in [3.05, 3.63) is 35.1 Å². The zero-order valence-electron chi connectivity index (χ0n) is 9.16. The Hall–Kier alpha value is -0.540. The number of aliphatic hydroxyl groups excluding tert-OH is 1. The van der Waals surface area contributed by atoms with Crippen LogP contribution < -0.4 is 0 Å². The highest BCUT2D eigenvalue weighted by atomic mass is 32.2. The molecular weight excluding hydrogens is 211 g/mol. The van der Waals surface area contributed by atoms with Crippen LogP contribution in [0, 0.1) is 12.7 Å². The molecule has 0 aliphatic carbocycles. The molecule has 3 heteroatoms. The minimum absolute atomic E-state index is 0.216. The van der Waals surface area contributed by atoms with Crippen LogP contribution in [-0.2, 0) is 0 Å². The standard InChI is InChI=1S/C12H17FOS/c1-3-6-15-8-12(14)10-4-5-11(13)9(2)7-10/h4-5,7,12,14H,3,6,8H2,1-2H3. The van der Waals surface area contributed by atoms with Crippen LogP contribution in [0.1, 0.15) is 30.6 Å². The van der Waals surface area contributed by atoms with Gasteiger partial charge in [0.2, 0.25) is 0 Å². The van der Waals surface area contributed by atoms with Crippen molar-refractivity contribution in [2.45, 2.75) is 26.4 Å². The van der Waals surface area contributed by atoms with E-state index in [9.17, 15) is 9.50 Å². The molecule has 1 rings (SSSR count). The van der Waals surface area contributed by atoms with Crippen LogP contribution in [0.25, 0.3) is 0 Å². The lowest BCUT2D eigenvalue weighted by Crippen LogP contribution is -2.02. The summed E-state index contributed by atoms with van der Waals surface area (Å²) in [7, 11) is 0. The molecule has 84 valence electrons. The van der Waals surface area contributed by atoms with E-state index in [1.54, 1.807) is 30.8 Å². The number of rotatable bonds is 5. The molecule has 0 bridgehead atoms. The summed E-state index contributed by atoms with van der Waals surface area (Å²) in [5, 5.41) is 9.82. The van der Waals surface area contributed by atoms with Gasteiger partial charge in [0.05, 0.1) is 6.10 Å². The lowest BCUT2D eigenvalue weighted by atomic mass is 10.1. The second-order valence-electron chi connectivity index (χ2n) is 3.60. The Bertz CT molecular complexity index is 314. The minimum Gasteiger partial charge on any atom is -0.388 e. The summed E-state index contributed by atoms with van der Waals surface area (Å²) in [4.78, 5) is 0. The Balaban J connectivity index is 2.57. The summed E-state index contributed by atoms with van der Waals surface area (Å²) in [5.74, 6) is 1.52. The molecule has 15 heavy (non-hydrogen) atoms. The van der Waals surface area contributed by atoms with Crippen molar-refractivity contribution in [3.8, 4) is 0 Å². The molecule has 1 N–H and O–H groups in total. The second-order valence-corrected chi connectivity index (χ2v) is 4.75. The highest BCUT2D eigenvalue weighted by Crippen LogP contribution is 2.20. The van der Waals surface area contributed by atoms with E-state index in [4.69, 9.17) is 0 Å². The molecule has 1 nitrogen and oxygen atoms in total. The quantitative estimate of drug-likeness (QED) is 0.780. The van der Waals surface area contributed by atoms with Gasteiger partial charge in [0, 0.05) is 5.75 Å². The topological polar surface area (TPSA) is 20.2 Å². The van der Waals surface area contributed by atoms with Crippen molar-refractivity contribution in [1.29, 1.82) is 0 Å². The lowest BCUT2D eigenvalue weighted by Gasteiger charge is -2.11. The fraction of sp³-hybridized carbons (Fsp3) is 0.500. The van der Waals surface area contributed by atoms with Gasteiger partial charge in [0.15, 0.2) is 0 Å². The molecule has 0 radical (unpaired) electrons. The predicted molar refractivity (Wildman–Crippen MR) is 63.7 cm³/mol. The van der Waals surface area contributed by atoms with Crippen LogP contribution >= 0.6 is 11.8 Å². The normalized spacial score (nSPS) is 12.8. The Morgan fingerprint density at radius 3 is 2.80 bits per heavy atom. The van der Waals surface area contributed by atoms with Gasteiger partial charge in [-0.25, -0.2) is 4.39 Å². The third kappa shape index (κ3) is 3.84. The second kappa shape index (κ2) is 6.13. The van der Waals surface area contributed by atoms with Gasteiger partial charge in [-0.05, 0) is 36.3 Å². The van der Waals surface area contributed by atoms with E-state index >= 15 is 0 Å². The van der Waals surface area contributed by atoms with Crippen LogP contribution in [0.15, 0.2) is 18.2 Å². The Labute approximate surface area is 94.7 Å². The van der Waals surface area contributed by atoms with E-state index in [-0.39, 0.29) is 5.82 Å². The van der Waals surface area contributed by atoms with Crippen molar-refractivity contribution < 1.29 is 9.50 Å². The average Bonchev–Trinajstić information content (AvgIpc) is 2.22. The van der Waals surface area contributed by atoms with E-state index in [1.165, 1.54) is 6.07 Å². The summed E-state index contributed by atoms with van der Waals surface area (Å²) in [6, 6.07) is 4.78. The van der Waals surface area contributed by atoms with E-state index < -0.39 is 6.10 Å². The van der Waals surface area contributed by atoms with E-state index in [1.807, 2.05) is 0 Å². The van der Waals surface area contributed by atoms with Gasteiger partial charge >= 0.3 is 0 Å². The number of aryl methyl sites for hydroxylation is 1. The third-order valence-electron chi connectivity index (χ3n) is 2.19. The van der Waals surface area contributed by atoms with E-state index in [0.29, 0.717) is 11.3 Å². The molecule has 1 aromatic rings. The molecule has 0 saturated heterocycles. The number of aliphatic hydroxyl groups is 1. The summed E-state index contributed by atoms with van der Waals surface area (Å²) < 4.78 is 13.0. The lowest BCUT2D eigenvalue weighted by molar-refractivity contribution is 0.204. The van der Waals surface area contributed by atoms with Crippen LogP contribution in [-0.4, -0.2) is 16.6 Å². The van der Waals surface area contributed by atoms with E-state index in [0.717, 1.165) is 17.7 Å². The number of hydrogen-bond acceptors (Lipinski definition) is 2. The Morgan fingerprint density at radius 1 is 1.47 bits per heavy atom. The zero-order chi connectivity index (χ0) is 11.3. The van der Waals surface area contributed by atoms with Gasteiger partial charge in [-0.15, -0.1) is 0 Å². The van der Waals surface area contributed by atoms with Crippen molar-refractivity contribution in [2.24, 2.45) is 0 Å². The fourth-order valence-corrected chi connectivity index (χ4v) is 2.18. The first-order valence-corrected chi connectivity index (χ1v) is 6.32. The molecule has 1 unspecified atom stereocenters. The van der Waals surface area contributed by atoms with Crippen molar-refractivity contribution in [3.63, 3.8) is 0 Å². The first-order chi connectivity index (χ1) is 7.15. The molecule has 0 heterocycles. The van der Waals surface area contributed by atoms with Crippen molar-refractivity contribution in [2.75, 3.05) is 11.5 Å². The molecular formula is C12H17FOS. The molecule has 0 aliphatic heterocycles. The fourth-order valence-electron chi connectivity index (χ4n) is 1.31. The van der Waals surface area contributed by atoms with Crippen molar-refractivity contribution >= 4 is 11.8 Å². The molecule has 0 aliphatic rings. The average molecular weight is 228 g/mol. The number of halogens is 1. The third-order valence-corrected chi connectivity index (χ3v) is 3.44. The van der Waals surface area contributed by atoms with Crippen LogP contribution in [0.3, 0.4) is 0 Å². The molecule has 0 spiro atoms. The zero-order valence-corrected chi connectivity index (χ0v) is 9.98. The van der Waals surface area contributed by atoms with Crippen LogP contribution in [0.2, 0.25) is 0 Å². The van der Waals surface area contributed by atoms with Gasteiger partial charge in [-0.2, -0.15) is 11.8 Å². The molecule has 0 fully saturated rings.